The highest BCUT2D eigenvalue weighted by Crippen LogP contribution is 2.24. The number of amidine groups is 1. The number of aliphatic hydroxyl groups excluding tert-OH is 1. The Bertz CT molecular complexity index is 1080. The van der Waals surface area contributed by atoms with E-state index in [9.17, 15) is 13.9 Å². The van der Waals surface area contributed by atoms with Crippen LogP contribution in [0.25, 0.3) is 0 Å². The summed E-state index contributed by atoms with van der Waals surface area (Å²) in [6.07, 6.45) is 6.13. The summed E-state index contributed by atoms with van der Waals surface area (Å²) >= 11 is 0. The van der Waals surface area contributed by atoms with Crippen molar-refractivity contribution in [2.75, 3.05) is 23.8 Å². The fraction of sp³-hybridized carbons (Fsp3) is 0.480. The summed E-state index contributed by atoms with van der Waals surface area (Å²) in [6.45, 7) is 3.25. The molecule has 0 spiro atoms. The molecule has 1 aliphatic heterocycles. The van der Waals surface area contributed by atoms with E-state index in [0.717, 1.165) is 31.7 Å². The molecular weight excluding hydrogens is 440 g/mol. The highest BCUT2D eigenvalue weighted by molar-refractivity contribution is 6.09. The van der Waals surface area contributed by atoms with Crippen molar-refractivity contribution in [1.29, 1.82) is 0 Å². The van der Waals surface area contributed by atoms with E-state index in [1.807, 2.05) is 6.92 Å². The van der Waals surface area contributed by atoms with Gasteiger partial charge in [0.1, 0.15) is 17.3 Å². The largest absolute Gasteiger partial charge is 0.393 e. The van der Waals surface area contributed by atoms with Crippen LogP contribution in [0.4, 0.5) is 26.1 Å². The van der Waals surface area contributed by atoms with Gasteiger partial charge in [0.25, 0.3) is 0 Å². The first-order valence-electron chi connectivity index (χ1n) is 11.6. The number of ether oxygens (including phenoxy) is 1. The Hall–Kier alpha value is -3.09. The Morgan fingerprint density at radius 1 is 1.15 bits per heavy atom. The van der Waals surface area contributed by atoms with Gasteiger partial charge in [0.2, 0.25) is 5.95 Å². The van der Waals surface area contributed by atoms with E-state index in [4.69, 9.17) is 4.74 Å². The van der Waals surface area contributed by atoms with Crippen LogP contribution in [0.5, 0.6) is 0 Å². The molecule has 4 rings (SSSR count). The standard InChI is InChI=1S/C25H29F2N5O2/c1-16-23(15-28-25(29-16)30-19-10-12-34-13-11-19)32-24(9-4-17-2-6-20(33)7-3-17)31-22-8-5-18(26)14-21(22)27/h5,8,14-15,17,19-20,33H,2-3,6-7,10-13H2,1H3,(H,31,32)(H,28,29,30)/t17-,20+. The van der Waals surface area contributed by atoms with Crippen LogP contribution in [-0.2, 0) is 4.74 Å². The van der Waals surface area contributed by atoms with Gasteiger partial charge < -0.3 is 20.5 Å². The second-order valence-electron chi connectivity index (χ2n) is 8.68. The molecule has 9 heteroatoms. The van der Waals surface area contributed by atoms with E-state index >= 15 is 0 Å². The first-order valence-corrected chi connectivity index (χ1v) is 11.6. The number of aryl methyl sites for hydroxylation is 1. The summed E-state index contributed by atoms with van der Waals surface area (Å²) in [6, 6.07) is 3.55. The average Bonchev–Trinajstić information content (AvgIpc) is 2.82. The normalized spacial score (nSPS) is 21.5. The van der Waals surface area contributed by atoms with Gasteiger partial charge >= 0.3 is 0 Å². The molecule has 2 aliphatic rings. The number of aliphatic imine (C=N–C) groups is 1. The Morgan fingerprint density at radius 3 is 2.62 bits per heavy atom. The predicted octanol–water partition coefficient (Wildman–Crippen LogP) is 4.35. The lowest BCUT2D eigenvalue weighted by molar-refractivity contribution is 0.0903. The van der Waals surface area contributed by atoms with Crippen LogP contribution in [0.1, 0.15) is 44.2 Å². The van der Waals surface area contributed by atoms with Crippen LogP contribution in [0.3, 0.4) is 0 Å². The second kappa shape index (κ2) is 11.4. The number of anilines is 2. The lowest BCUT2D eigenvalue weighted by atomic mass is 9.88. The first-order chi connectivity index (χ1) is 16.5. The molecule has 1 aromatic heterocycles. The topological polar surface area (TPSA) is 91.7 Å². The van der Waals surface area contributed by atoms with Crippen molar-refractivity contribution in [3.05, 3.63) is 41.7 Å². The summed E-state index contributed by atoms with van der Waals surface area (Å²) in [5.74, 6) is 5.66. The summed E-state index contributed by atoms with van der Waals surface area (Å²) in [5.41, 5.74) is 1.21. The van der Waals surface area contributed by atoms with Gasteiger partial charge in [-0.25, -0.2) is 23.7 Å². The van der Waals surface area contributed by atoms with Gasteiger partial charge in [0, 0.05) is 31.2 Å². The molecule has 7 nitrogen and oxygen atoms in total. The van der Waals surface area contributed by atoms with Crippen LogP contribution in [0.2, 0.25) is 0 Å². The quantitative estimate of drug-likeness (QED) is 0.350. The number of hydrogen-bond donors (Lipinski definition) is 3. The second-order valence-corrected chi connectivity index (χ2v) is 8.68. The molecule has 3 N–H and O–H groups in total. The molecule has 1 aliphatic carbocycles. The van der Waals surface area contributed by atoms with Crippen molar-refractivity contribution < 1.29 is 18.6 Å². The van der Waals surface area contributed by atoms with Crippen molar-refractivity contribution in [1.82, 2.24) is 9.97 Å². The minimum absolute atomic E-state index is 0.0740. The van der Waals surface area contributed by atoms with Crippen molar-refractivity contribution in [3.63, 3.8) is 0 Å². The van der Waals surface area contributed by atoms with Gasteiger partial charge in [-0.15, -0.1) is 0 Å². The van der Waals surface area contributed by atoms with Gasteiger partial charge in [-0.2, -0.15) is 0 Å². The monoisotopic (exact) mass is 469 g/mol. The number of aliphatic hydroxyl groups is 1. The molecule has 1 aromatic carbocycles. The molecule has 2 fully saturated rings. The van der Waals surface area contributed by atoms with Gasteiger partial charge in [0.05, 0.1) is 23.7 Å². The van der Waals surface area contributed by atoms with Crippen molar-refractivity contribution in [2.45, 2.75) is 57.6 Å². The maximum Gasteiger partial charge on any atom is 0.223 e. The fourth-order valence-corrected chi connectivity index (χ4v) is 3.98. The Morgan fingerprint density at radius 2 is 1.91 bits per heavy atom. The minimum Gasteiger partial charge on any atom is -0.393 e. The third kappa shape index (κ3) is 6.72. The third-order valence-electron chi connectivity index (χ3n) is 6.02. The van der Waals surface area contributed by atoms with E-state index in [-0.39, 0.29) is 29.6 Å². The number of benzene rings is 1. The molecule has 0 radical (unpaired) electrons. The zero-order chi connectivity index (χ0) is 23.9. The van der Waals surface area contributed by atoms with Crippen LogP contribution in [-0.4, -0.2) is 46.3 Å². The summed E-state index contributed by atoms with van der Waals surface area (Å²) in [5, 5.41) is 15.9. The summed E-state index contributed by atoms with van der Waals surface area (Å²) in [4.78, 5) is 13.5. The van der Waals surface area contributed by atoms with Gasteiger partial charge in [-0.3, -0.25) is 0 Å². The Balaban J connectivity index is 1.56. The van der Waals surface area contributed by atoms with Gasteiger partial charge in [0.15, 0.2) is 5.84 Å². The lowest BCUT2D eigenvalue weighted by Gasteiger charge is -2.23. The molecule has 2 aromatic rings. The number of hydrogen-bond acceptors (Lipinski definition) is 6. The highest BCUT2D eigenvalue weighted by atomic mass is 19.1. The molecule has 0 bridgehead atoms. The number of aromatic nitrogens is 2. The number of nitrogens with one attached hydrogen (secondary N) is 2. The number of halogens is 2. The molecule has 2 heterocycles. The Kier molecular flexibility index (Phi) is 8.03. The molecule has 0 atom stereocenters. The molecule has 180 valence electrons. The molecule has 0 unspecified atom stereocenters. The van der Waals surface area contributed by atoms with Crippen molar-refractivity contribution in [3.8, 4) is 11.8 Å². The maximum atomic E-state index is 14.3. The smallest absolute Gasteiger partial charge is 0.223 e. The van der Waals surface area contributed by atoms with Crippen LogP contribution in [0.15, 0.2) is 29.4 Å². The van der Waals surface area contributed by atoms with E-state index in [2.05, 4.69) is 37.4 Å². The van der Waals surface area contributed by atoms with Crippen molar-refractivity contribution >= 4 is 23.2 Å². The number of nitrogens with zero attached hydrogens (tertiary/aromatic N) is 3. The molecular formula is C25H29F2N5O2. The zero-order valence-electron chi connectivity index (χ0n) is 19.2. The third-order valence-corrected chi connectivity index (χ3v) is 6.02. The van der Waals surface area contributed by atoms with Crippen LogP contribution in [0, 0.1) is 36.3 Å². The minimum atomic E-state index is -0.737. The maximum absolute atomic E-state index is 14.3. The lowest BCUT2D eigenvalue weighted by Crippen LogP contribution is -2.28. The summed E-state index contributed by atoms with van der Waals surface area (Å²) < 4.78 is 33.0. The molecule has 1 saturated carbocycles. The van der Waals surface area contributed by atoms with E-state index in [1.165, 1.54) is 12.1 Å². The molecule has 0 amide bonds. The Labute approximate surface area is 198 Å². The highest BCUT2D eigenvalue weighted by Gasteiger charge is 2.18. The fourth-order valence-electron chi connectivity index (χ4n) is 3.98. The van der Waals surface area contributed by atoms with Crippen LogP contribution >= 0.6 is 0 Å². The predicted molar refractivity (Wildman–Crippen MR) is 127 cm³/mol. The SMILES string of the molecule is Cc1nc(NC2CCOCC2)ncc1/N=C(\C#C[C@H]1CC[C@@H](O)CC1)Nc1ccc(F)cc1F. The number of rotatable bonds is 4. The van der Waals surface area contributed by atoms with Crippen molar-refractivity contribution in [2.24, 2.45) is 10.9 Å². The van der Waals surface area contributed by atoms with Gasteiger partial charge in [-0.1, -0.05) is 5.92 Å². The molecule has 1 saturated heterocycles. The van der Waals surface area contributed by atoms with Gasteiger partial charge in [-0.05, 0) is 63.5 Å². The van der Waals surface area contributed by atoms with E-state index < -0.39 is 11.6 Å². The van der Waals surface area contributed by atoms with Crippen LogP contribution < -0.4 is 10.6 Å². The summed E-state index contributed by atoms with van der Waals surface area (Å²) in [7, 11) is 0. The first kappa shape index (κ1) is 24.0. The van der Waals surface area contributed by atoms with E-state index in [0.29, 0.717) is 43.4 Å². The zero-order valence-corrected chi connectivity index (χ0v) is 19.2. The average molecular weight is 470 g/mol. The van der Waals surface area contributed by atoms with E-state index in [1.54, 1.807) is 6.20 Å². The molecule has 34 heavy (non-hydrogen) atoms.